The Bertz CT molecular complexity index is 317. The normalized spacial score (nSPS) is 12.8. The van der Waals surface area contributed by atoms with Crippen molar-refractivity contribution in [3.8, 4) is 0 Å². The lowest BCUT2D eigenvalue weighted by molar-refractivity contribution is 0.171. The second kappa shape index (κ2) is 5.78. The van der Waals surface area contributed by atoms with Crippen molar-refractivity contribution >= 4 is 0 Å². The maximum Gasteiger partial charge on any atom is 0.130 e. The van der Waals surface area contributed by atoms with Crippen molar-refractivity contribution in [2.75, 3.05) is 13.7 Å². The zero-order valence-electron chi connectivity index (χ0n) is 8.89. The first-order chi connectivity index (χ1) is 7.13. The molecule has 0 amide bonds. The predicted octanol–water partition coefficient (Wildman–Crippen LogP) is 2.09. The molecule has 1 aromatic rings. The molecule has 15 heavy (non-hydrogen) atoms. The lowest BCUT2D eigenvalue weighted by atomic mass is 10.2. The van der Waals surface area contributed by atoms with Crippen LogP contribution in [0.3, 0.4) is 0 Å². The molecule has 0 aliphatic carbocycles. The second-order valence-corrected chi connectivity index (χ2v) is 3.47. The lowest BCUT2D eigenvalue weighted by Gasteiger charge is -2.12. The van der Waals surface area contributed by atoms with E-state index in [4.69, 9.17) is 4.74 Å². The zero-order valence-corrected chi connectivity index (χ0v) is 8.89. The summed E-state index contributed by atoms with van der Waals surface area (Å²) >= 11 is 0. The number of rotatable bonds is 5. The van der Waals surface area contributed by atoms with Crippen LogP contribution in [0.1, 0.15) is 12.5 Å². The van der Waals surface area contributed by atoms with Gasteiger partial charge in [-0.1, -0.05) is 6.07 Å². The van der Waals surface area contributed by atoms with Crippen molar-refractivity contribution < 1.29 is 13.5 Å². The van der Waals surface area contributed by atoms with E-state index in [2.05, 4.69) is 5.32 Å². The number of ether oxygens (including phenoxy) is 1. The number of halogens is 2. The van der Waals surface area contributed by atoms with E-state index in [0.717, 1.165) is 6.07 Å². The molecule has 0 radical (unpaired) electrons. The Morgan fingerprint density at radius 2 is 2.13 bits per heavy atom. The molecule has 0 aromatic heterocycles. The third-order valence-corrected chi connectivity index (χ3v) is 2.07. The number of hydrogen-bond donors (Lipinski definition) is 1. The van der Waals surface area contributed by atoms with Crippen LogP contribution in [0.5, 0.6) is 0 Å². The standard InChI is InChI=1S/C11H15F2NO/c1-8(7-15-2)14-6-9-3-4-10(12)5-11(9)13/h3-5,8,14H,6-7H2,1-2H3/t8-/m1/s1. The molecule has 1 N–H and O–H groups in total. The highest BCUT2D eigenvalue weighted by Crippen LogP contribution is 2.09. The predicted molar refractivity (Wildman–Crippen MR) is 54.5 cm³/mol. The molecule has 84 valence electrons. The van der Waals surface area contributed by atoms with Gasteiger partial charge in [0.2, 0.25) is 0 Å². The van der Waals surface area contributed by atoms with Crippen molar-refractivity contribution in [1.82, 2.24) is 5.32 Å². The van der Waals surface area contributed by atoms with Gasteiger partial charge in [0.05, 0.1) is 6.61 Å². The van der Waals surface area contributed by atoms with Crippen LogP contribution in [0.4, 0.5) is 8.78 Å². The van der Waals surface area contributed by atoms with Crippen molar-refractivity contribution in [2.24, 2.45) is 0 Å². The minimum absolute atomic E-state index is 0.138. The van der Waals surface area contributed by atoms with Gasteiger partial charge in [-0.05, 0) is 13.0 Å². The fourth-order valence-electron chi connectivity index (χ4n) is 1.26. The summed E-state index contributed by atoms with van der Waals surface area (Å²) < 4.78 is 30.7. The Balaban J connectivity index is 2.50. The maximum atomic E-state index is 13.2. The molecule has 1 atom stereocenters. The summed E-state index contributed by atoms with van der Waals surface area (Å²) in [5.41, 5.74) is 0.458. The summed E-state index contributed by atoms with van der Waals surface area (Å²) in [6.07, 6.45) is 0. The lowest BCUT2D eigenvalue weighted by Crippen LogP contribution is -2.29. The van der Waals surface area contributed by atoms with Crippen LogP contribution >= 0.6 is 0 Å². The van der Waals surface area contributed by atoms with Crippen molar-refractivity contribution in [3.63, 3.8) is 0 Å². The van der Waals surface area contributed by atoms with Crippen molar-refractivity contribution in [2.45, 2.75) is 19.5 Å². The molecule has 0 aliphatic heterocycles. The Kier molecular flexibility index (Phi) is 4.65. The first kappa shape index (κ1) is 12.1. The largest absolute Gasteiger partial charge is 0.383 e. The van der Waals surface area contributed by atoms with Gasteiger partial charge in [0.1, 0.15) is 11.6 Å². The van der Waals surface area contributed by atoms with Gasteiger partial charge in [-0.2, -0.15) is 0 Å². The summed E-state index contributed by atoms with van der Waals surface area (Å²) in [6, 6.07) is 3.72. The second-order valence-electron chi connectivity index (χ2n) is 3.47. The first-order valence-electron chi connectivity index (χ1n) is 4.79. The molecule has 1 rings (SSSR count). The molecule has 0 saturated heterocycles. The summed E-state index contributed by atoms with van der Waals surface area (Å²) in [5.74, 6) is -1.08. The Morgan fingerprint density at radius 3 is 2.73 bits per heavy atom. The highest BCUT2D eigenvalue weighted by molar-refractivity contribution is 5.18. The van der Waals surface area contributed by atoms with Crippen molar-refractivity contribution in [3.05, 3.63) is 35.4 Å². The molecule has 0 saturated carbocycles. The van der Waals surface area contributed by atoms with E-state index >= 15 is 0 Å². The van der Waals surface area contributed by atoms with E-state index in [-0.39, 0.29) is 6.04 Å². The molecule has 0 aliphatic rings. The Morgan fingerprint density at radius 1 is 1.40 bits per heavy atom. The van der Waals surface area contributed by atoms with Crippen molar-refractivity contribution in [1.29, 1.82) is 0 Å². The fourth-order valence-corrected chi connectivity index (χ4v) is 1.26. The molecule has 1 aromatic carbocycles. The van der Waals surface area contributed by atoms with E-state index in [1.165, 1.54) is 12.1 Å². The monoisotopic (exact) mass is 215 g/mol. The zero-order chi connectivity index (χ0) is 11.3. The molecule has 0 unspecified atom stereocenters. The van der Waals surface area contributed by atoms with Crippen LogP contribution in [0.15, 0.2) is 18.2 Å². The third kappa shape index (κ3) is 3.93. The topological polar surface area (TPSA) is 21.3 Å². The van der Waals surface area contributed by atoms with Gasteiger partial charge in [0.25, 0.3) is 0 Å². The first-order valence-corrected chi connectivity index (χ1v) is 4.79. The smallest absolute Gasteiger partial charge is 0.130 e. The van der Waals surface area contributed by atoms with Gasteiger partial charge in [-0.15, -0.1) is 0 Å². The van der Waals surface area contributed by atoms with Gasteiger partial charge >= 0.3 is 0 Å². The summed E-state index contributed by atoms with van der Waals surface area (Å²) in [4.78, 5) is 0. The Hall–Kier alpha value is -1.00. The molecule has 0 bridgehead atoms. The summed E-state index contributed by atoms with van der Waals surface area (Å²) in [5, 5.41) is 3.07. The highest BCUT2D eigenvalue weighted by atomic mass is 19.1. The number of hydrogen-bond acceptors (Lipinski definition) is 2. The van der Waals surface area contributed by atoms with E-state index in [1.807, 2.05) is 6.92 Å². The fraction of sp³-hybridized carbons (Fsp3) is 0.455. The maximum absolute atomic E-state index is 13.2. The van der Waals surface area contributed by atoms with Crippen LogP contribution in [0, 0.1) is 11.6 Å². The van der Waals surface area contributed by atoms with Crippen LogP contribution in [-0.4, -0.2) is 19.8 Å². The van der Waals surface area contributed by atoms with Gasteiger partial charge < -0.3 is 10.1 Å². The van der Waals surface area contributed by atoms with E-state index in [9.17, 15) is 8.78 Å². The van der Waals surface area contributed by atoms with Crippen LogP contribution < -0.4 is 5.32 Å². The van der Waals surface area contributed by atoms with Gasteiger partial charge in [-0.3, -0.25) is 0 Å². The molecular formula is C11H15F2NO. The van der Waals surface area contributed by atoms with Crippen LogP contribution in [0.25, 0.3) is 0 Å². The molecule has 0 fully saturated rings. The molecular weight excluding hydrogens is 200 g/mol. The average molecular weight is 215 g/mol. The third-order valence-electron chi connectivity index (χ3n) is 2.07. The average Bonchev–Trinajstić information content (AvgIpc) is 2.17. The van der Waals surface area contributed by atoms with Crippen LogP contribution in [0.2, 0.25) is 0 Å². The summed E-state index contributed by atoms with van der Waals surface area (Å²) in [6.45, 7) is 2.87. The van der Waals surface area contributed by atoms with Gasteiger partial charge in [0, 0.05) is 31.3 Å². The minimum Gasteiger partial charge on any atom is -0.383 e. The molecule has 0 spiro atoms. The molecule has 0 heterocycles. The quantitative estimate of drug-likeness (QED) is 0.812. The number of nitrogens with one attached hydrogen (secondary N) is 1. The summed E-state index contributed by atoms with van der Waals surface area (Å²) in [7, 11) is 1.61. The SMILES string of the molecule is COC[C@@H](C)NCc1ccc(F)cc1F. The Labute approximate surface area is 88.3 Å². The van der Waals surface area contributed by atoms with Gasteiger partial charge in [-0.25, -0.2) is 8.78 Å². The van der Waals surface area contributed by atoms with Crippen LogP contribution in [-0.2, 0) is 11.3 Å². The minimum atomic E-state index is -0.554. The number of methoxy groups -OCH3 is 1. The highest BCUT2D eigenvalue weighted by Gasteiger charge is 2.05. The van der Waals surface area contributed by atoms with Gasteiger partial charge in [0.15, 0.2) is 0 Å². The molecule has 4 heteroatoms. The number of benzene rings is 1. The molecule has 2 nitrogen and oxygen atoms in total. The van der Waals surface area contributed by atoms with E-state index in [0.29, 0.717) is 18.7 Å². The van der Waals surface area contributed by atoms with E-state index in [1.54, 1.807) is 7.11 Å². The van der Waals surface area contributed by atoms with E-state index < -0.39 is 11.6 Å².